The summed E-state index contributed by atoms with van der Waals surface area (Å²) in [5.41, 5.74) is 6.46. The summed E-state index contributed by atoms with van der Waals surface area (Å²) in [6.45, 7) is 7.62. The van der Waals surface area contributed by atoms with Crippen molar-refractivity contribution >= 4 is 23.2 Å². The normalized spacial score (nSPS) is 13.0. The maximum atomic E-state index is 12.6. The summed E-state index contributed by atoms with van der Waals surface area (Å²) >= 11 is 0. The van der Waals surface area contributed by atoms with Crippen LogP contribution in [0.4, 0.5) is 11.4 Å². The van der Waals surface area contributed by atoms with E-state index in [0.29, 0.717) is 13.0 Å². The molecule has 3 rings (SSSR count). The molecule has 1 heterocycles. The van der Waals surface area contributed by atoms with Crippen LogP contribution < -0.4 is 10.2 Å². The van der Waals surface area contributed by atoms with Crippen LogP contribution in [0, 0.1) is 20.8 Å². The van der Waals surface area contributed by atoms with E-state index in [-0.39, 0.29) is 18.4 Å². The van der Waals surface area contributed by atoms with Gasteiger partial charge in [0.25, 0.3) is 0 Å². The average Bonchev–Trinajstić information content (AvgIpc) is 3.07. The van der Waals surface area contributed by atoms with Gasteiger partial charge in [-0.15, -0.1) is 0 Å². The second-order valence-corrected chi connectivity index (χ2v) is 7.73. The van der Waals surface area contributed by atoms with Crippen molar-refractivity contribution in [3.05, 3.63) is 58.7 Å². The van der Waals surface area contributed by atoms with Gasteiger partial charge in [-0.3, -0.25) is 14.5 Å². The van der Waals surface area contributed by atoms with Crippen LogP contribution in [0.3, 0.4) is 0 Å². The number of anilines is 2. The molecule has 0 spiro atoms. The van der Waals surface area contributed by atoms with Crippen molar-refractivity contribution in [2.45, 2.75) is 33.6 Å². The zero-order valence-electron chi connectivity index (χ0n) is 17.2. The third kappa shape index (κ3) is 4.60. The Balaban J connectivity index is 1.50. The molecule has 0 atom stereocenters. The molecule has 2 aromatic rings. The second-order valence-electron chi connectivity index (χ2n) is 7.73. The minimum atomic E-state index is -0.0588. The standard InChI is InChI=1S/C23H29N3O2/c1-16-13-17(2)23(18(3)14-16)24-21(27)15-25(4)11-10-22(28)26-12-9-19-7-5-6-8-20(19)26/h5-8,13-14H,9-12,15H2,1-4H3,(H,24,27). The first-order valence-electron chi connectivity index (χ1n) is 9.79. The quantitative estimate of drug-likeness (QED) is 0.836. The Morgan fingerprint density at radius 2 is 1.79 bits per heavy atom. The molecule has 148 valence electrons. The molecule has 5 heteroatoms. The van der Waals surface area contributed by atoms with Crippen LogP contribution in [0.2, 0.25) is 0 Å². The lowest BCUT2D eigenvalue weighted by atomic mass is 10.1. The number of likely N-dealkylation sites (N-methyl/N-ethyl adjacent to an activating group) is 1. The highest BCUT2D eigenvalue weighted by Gasteiger charge is 2.24. The van der Waals surface area contributed by atoms with Gasteiger partial charge in [0, 0.05) is 30.9 Å². The fourth-order valence-electron chi connectivity index (χ4n) is 3.90. The minimum Gasteiger partial charge on any atom is -0.324 e. The van der Waals surface area contributed by atoms with Gasteiger partial charge >= 0.3 is 0 Å². The van der Waals surface area contributed by atoms with E-state index in [2.05, 4.69) is 30.4 Å². The van der Waals surface area contributed by atoms with Crippen molar-refractivity contribution in [1.82, 2.24) is 4.90 Å². The SMILES string of the molecule is Cc1cc(C)c(NC(=O)CN(C)CCC(=O)N2CCc3ccccc32)c(C)c1. The second kappa shape index (κ2) is 8.57. The monoisotopic (exact) mass is 379 g/mol. The summed E-state index contributed by atoms with van der Waals surface area (Å²) in [6, 6.07) is 12.2. The Bertz CT molecular complexity index is 868. The van der Waals surface area contributed by atoms with Crippen LogP contribution >= 0.6 is 0 Å². The molecule has 0 aromatic heterocycles. The molecule has 0 unspecified atom stereocenters. The number of hydrogen-bond donors (Lipinski definition) is 1. The predicted octanol–water partition coefficient (Wildman–Crippen LogP) is 3.46. The molecular formula is C23H29N3O2. The summed E-state index contributed by atoms with van der Waals surface area (Å²) in [7, 11) is 1.87. The Morgan fingerprint density at radius 1 is 1.11 bits per heavy atom. The summed E-state index contributed by atoms with van der Waals surface area (Å²) in [5.74, 6) is 0.0546. The van der Waals surface area contributed by atoms with Gasteiger partial charge < -0.3 is 10.2 Å². The highest BCUT2D eigenvalue weighted by Crippen LogP contribution is 2.27. The smallest absolute Gasteiger partial charge is 0.238 e. The third-order valence-corrected chi connectivity index (χ3v) is 5.25. The lowest BCUT2D eigenvalue weighted by molar-refractivity contribution is -0.120. The third-order valence-electron chi connectivity index (χ3n) is 5.25. The van der Waals surface area contributed by atoms with Crippen LogP contribution in [-0.2, 0) is 16.0 Å². The Hall–Kier alpha value is -2.66. The predicted molar refractivity (Wildman–Crippen MR) is 114 cm³/mol. The molecule has 1 N–H and O–H groups in total. The van der Waals surface area contributed by atoms with Crippen molar-refractivity contribution in [2.24, 2.45) is 0 Å². The maximum absolute atomic E-state index is 12.6. The van der Waals surface area contributed by atoms with Crippen molar-refractivity contribution in [2.75, 3.05) is 36.9 Å². The van der Waals surface area contributed by atoms with E-state index < -0.39 is 0 Å². The van der Waals surface area contributed by atoms with Crippen LogP contribution in [0.5, 0.6) is 0 Å². The number of hydrogen-bond acceptors (Lipinski definition) is 3. The number of nitrogens with one attached hydrogen (secondary N) is 1. The zero-order chi connectivity index (χ0) is 20.3. The number of amides is 2. The molecule has 5 nitrogen and oxygen atoms in total. The number of aryl methyl sites for hydroxylation is 3. The van der Waals surface area contributed by atoms with E-state index in [0.717, 1.165) is 35.5 Å². The Morgan fingerprint density at radius 3 is 2.50 bits per heavy atom. The van der Waals surface area contributed by atoms with Gasteiger partial charge in [0.05, 0.1) is 6.54 Å². The molecule has 0 aliphatic carbocycles. The number of carbonyl (C=O) groups excluding carboxylic acids is 2. The summed E-state index contributed by atoms with van der Waals surface area (Å²) in [4.78, 5) is 28.8. The van der Waals surface area contributed by atoms with E-state index >= 15 is 0 Å². The summed E-state index contributed by atoms with van der Waals surface area (Å²) in [5, 5.41) is 3.02. The van der Waals surface area contributed by atoms with Gasteiger partial charge in [-0.1, -0.05) is 35.9 Å². The van der Waals surface area contributed by atoms with Gasteiger partial charge in [0.2, 0.25) is 11.8 Å². The van der Waals surface area contributed by atoms with Crippen LogP contribution in [0.15, 0.2) is 36.4 Å². The van der Waals surface area contributed by atoms with E-state index in [9.17, 15) is 9.59 Å². The molecule has 0 saturated heterocycles. The zero-order valence-corrected chi connectivity index (χ0v) is 17.2. The van der Waals surface area contributed by atoms with Crippen molar-refractivity contribution in [3.8, 4) is 0 Å². The fraction of sp³-hybridized carbons (Fsp3) is 0.391. The molecule has 28 heavy (non-hydrogen) atoms. The number of benzene rings is 2. The van der Waals surface area contributed by atoms with Gasteiger partial charge in [0.15, 0.2) is 0 Å². The molecule has 0 bridgehead atoms. The number of fused-ring (bicyclic) bond motifs is 1. The van der Waals surface area contributed by atoms with Gasteiger partial charge in [-0.25, -0.2) is 0 Å². The van der Waals surface area contributed by atoms with Crippen LogP contribution in [0.25, 0.3) is 0 Å². The van der Waals surface area contributed by atoms with E-state index in [4.69, 9.17) is 0 Å². The number of carbonyl (C=O) groups is 2. The van der Waals surface area contributed by atoms with Gasteiger partial charge in [-0.2, -0.15) is 0 Å². The number of nitrogens with zero attached hydrogens (tertiary/aromatic N) is 2. The Kier molecular flexibility index (Phi) is 6.15. The van der Waals surface area contributed by atoms with Crippen molar-refractivity contribution in [3.63, 3.8) is 0 Å². The maximum Gasteiger partial charge on any atom is 0.238 e. The molecule has 0 radical (unpaired) electrons. The number of para-hydroxylation sites is 1. The highest BCUT2D eigenvalue weighted by atomic mass is 16.2. The molecular weight excluding hydrogens is 350 g/mol. The molecule has 2 amide bonds. The van der Waals surface area contributed by atoms with Crippen molar-refractivity contribution in [1.29, 1.82) is 0 Å². The highest BCUT2D eigenvalue weighted by molar-refractivity contribution is 5.96. The average molecular weight is 380 g/mol. The summed E-state index contributed by atoms with van der Waals surface area (Å²) in [6.07, 6.45) is 1.32. The largest absolute Gasteiger partial charge is 0.324 e. The van der Waals surface area contributed by atoms with Crippen molar-refractivity contribution < 1.29 is 9.59 Å². The first-order valence-corrected chi connectivity index (χ1v) is 9.79. The molecule has 0 saturated carbocycles. The van der Waals surface area contributed by atoms with Crippen LogP contribution in [0.1, 0.15) is 28.7 Å². The molecule has 0 fully saturated rings. The van der Waals surface area contributed by atoms with E-state index in [1.165, 1.54) is 11.1 Å². The first kappa shape index (κ1) is 20.1. The first-order chi connectivity index (χ1) is 13.3. The fourth-order valence-corrected chi connectivity index (χ4v) is 3.90. The molecule has 2 aromatic carbocycles. The minimum absolute atomic E-state index is 0.0588. The Labute approximate surface area is 167 Å². The molecule has 1 aliphatic rings. The topological polar surface area (TPSA) is 52.7 Å². The summed E-state index contributed by atoms with van der Waals surface area (Å²) < 4.78 is 0. The lowest BCUT2D eigenvalue weighted by Crippen LogP contribution is -2.35. The molecule has 1 aliphatic heterocycles. The van der Waals surface area contributed by atoms with E-state index in [1.54, 1.807) is 0 Å². The number of rotatable bonds is 6. The van der Waals surface area contributed by atoms with Gasteiger partial charge in [0.1, 0.15) is 0 Å². The van der Waals surface area contributed by atoms with Crippen LogP contribution in [-0.4, -0.2) is 43.4 Å². The van der Waals surface area contributed by atoms with E-state index in [1.807, 2.05) is 48.9 Å². The van der Waals surface area contributed by atoms with Gasteiger partial charge in [-0.05, 0) is 57.0 Å². The lowest BCUT2D eigenvalue weighted by Gasteiger charge is -2.21.